The van der Waals surface area contributed by atoms with Crippen molar-refractivity contribution in [2.45, 2.75) is 13.0 Å². The van der Waals surface area contributed by atoms with Gasteiger partial charge in [-0.1, -0.05) is 29.5 Å². The monoisotopic (exact) mass is 401 g/mol. The molecule has 2 aliphatic rings. The summed E-state index contributed by atoms with van der Waals surface area (Å²) in [5.74, 6) is -0.322. The van der Waals surface area contributed by atoms with E-state index >= 15 is 0 Å². The molecule has 0 saturated carbocycles. The fourth-order valence-corrected chi connectivity index (χ4v) is 4.51. The van der Waals surface area contributed by atoms with Crippen LogP contribution in [0, 0.1) is 5.92 Å². The van der Waals surface area contributed by atoms with Gasteiger partial charge in [-0.2, -0.15) is 0 Å². The van der Waals surface area contributed by atoms with Crippen molar-refractivity contribution in [2.24, 2.45) is 5.92 Å². The molecule has 0 radical (unpaired) electrons. The molecule has 2 aromatic rings. The maximum Gasteiger partial charge on any atom is 0.229 e. The third kappa shape index (κ3) is 3.85. The predicted octanol–water partition coefficient (Wildman–Crippen LogP) is 1.39. The first-order valence-electron chi connectivity index (χ1n) is 9.36. The van der Waals surface area contributed by atoms with E-state index in [4.69, 9.17) is 4.74 Å². The zero-order valence-corrected chi connectivity index (χ0v) is 16.6. The number of ether oxygens (including phenoxy) is 1. The Morgan fingerprint density at radius 3 is 2.64 bits per heavy atom. The maximum atomic E-state index is 12.9. The molecule has 2 fully saturated rings. The Kier molecular flexibility index (Phi) is 5.54. The first-order chi connectivity index (χ1) is 13.7. The summed E-state index contributed by atoms with van der Waals surface area (Å²) in [5.41, 5.74) is 1.18. The van der Waals surface area contributed by atoms with Gasteiger partial charge in [0, 0.05) is 51.9 Å². The van der Waals surface area contributed by atoms with Crippen LogP contribution in [0.3, 0.4) is 0 Å². The summed E-state index contributed by atoms with van der Waals surface area (Å²) in [6, 6.07) is 10.2. The van der Waals surface area contributed by atoms with E-state index in [1.807, 2.05) is 23.1 Å². The van der Waals surface area contributed by atoms with Crippen LogP contribution in [0.4, 0.5) is 10.8 Å². The van der Waals surface area contributed by atoms with Crippen molar-refractivity contribution < 1.29 is 14.3 Å². The lowest BCUT2D eigenvalue weighted by Gasteiger charge is -2.37. The highest BCUT2D eigenvalue weighted by Crippen LogP contribution is 2.29. The van der Waals surface area contributed by atoms with E-state index < -0.39 is 0 Å². The summed E-state index contributed by atoms with van der Waals surface area (Å²) in [6.45, 7) is 3.70. The Hall–Kier alpha value is -2.52. The quantitative estimate of drug-likeness (QED) is 0.753. The maximum absolute atomic E-state index is 12.9. The van der Waals surface area contributed by atoms with Gasteiger partial charge in [-0.15, -0.1) is 10.2 Å². The number of para-hydroxylation sites is 1. The van der Waals surface area contributed by atoms with Gasteiger partial charge in [-0.25, -0.2) is 0 Å². The van der Waals surface area contributed by atoms with Crippen LogP contribution in [0.1, 0.15) is 11.4 Å². The van der Waals surface area contributed by atoms with Gasteiger partial charge in [0.15, 0.2) is 0 Å². The first kappa shape index (κ1) is 18.8. The van der Waals surface area contributed by atoms with Crippen molar-refractivity contribution in [3.8, 4) is 0 Å². The summed E-state index contributed by atoms with van der Waals surface area (Å²) in [7, 11) is 1.59. The molecule has 28 heavy (non-hydrogen) atoms. The molecule has 4 rings (SSSR count). The number of benzene rings is 1. The fourth-order valence-electron chi connectivity index (χ4n) is 3.68. The molecular weight excluding hydrogens is 378 g/mol. The van der Waals surface area contributed by atoms with Crippen molar-refractivity contribution in [1.82, 2.24) is 15.1 Å². The van der Waals surface area contributed by atoms with Gasteiger partial charge < -0.3 is 14.5 Å². The lowest BCUT2D eigenvalue weighted by atomic mass is 10.1. The lowest BCUT2D eigenvalue weighted by Crippen LogP contribution is -2.50. The zero-order valence-electron chi connectivity index (χ0n) is 15.8. The molecular formula is C19H23N5O3S. The molecule has 0 spiro atoms. The molecule has 2 saturated heterocycles. The number of aromatic nitrogens is 2. The van der Waals surface area contributed by atoms with Crippen molar-refractivity contribution >= 4 is 34.0 Å². The smallest absolute Gasteiger partial charge is 0.229 e. The van der Waals surface area contributed by atoms with Crippen LogP contribution in [0.5, 0.6) is 0 Å². The highest BCUT2D eigenvalue weighted by atomic mass is 32.1. The Morgan fingerprint density at radius 1 is 1.18 bits per heavy atom. The van der Waals surface area contributed by atoms with E-state index in [0.717, 1.165) is 18.1 Å². The number of hydrogen-bond donors (Lipinski definition) is 0. The molecule has 0 bridgehead atoms. The van der Waals surface area contributed by atoms with Gasteiger partial charge >= 0.3 is 0 Å². The summed E-state index contributed by atoms with van der Waals surface area (Å²) in [5, 5.41) is 9.37. The standard InChI is InChI=1S/C19H23N5O3S/c1-27-13-16-20-21-19(28-16)24-12-14(11-17(24)25)18(26)23-9-7-22(8-10-23)15-5-3-2-4-6-15/h2-6,14H,7-13H2,1H3. The van der Waals surface area contributed by atoms with Gasteiger partial charge in [0.1, 0.15) is 11.6 Å². The highest BCUT2D eigenvalue weighted by molar-refractivity contribution is 7.15. The van der Waals surface area contributed by atoms with Crippen LogP contribution in [-0.2, 0) is 20.9 Å². The average Bonchev–Trinajstić information content (AvgIpc) is 3.35. The number of nitrogens with zero attached hydrogens (tertiary/aromatic N) is 5. The molecule has 3 heterocycles. The molecule has 2 amide bonds. The summed E-state index contributed by atoms with van der Waals surface area (Å²) in [6.07, 6.45) is 0.233. The first-order valence-corrected chi connectivity index (χ1v) is 10.2. The predicted molar refractivity (Wildman–Crippen MR) is 106 cm³/mol. The SMILES string of the molecule is COCc1nnc(N2CC(C(=O)N3CCN(c4ccccc4)CC3)CC2=O)s1. The number of piperazine rings is 1. The van der Waals surface area contributed by atoms with E-state index in [1.54, 1.807) is 12.0 Å². The average molecular weight is 401 g/mol. The van der Waals surface area contributed by atoms with E-state index in [1.165, 1.54) is 17.0 Å². The minimum Gasteiger partial charge on any atom is -0.377 e. The third-order valence-corrected chi connectivity index (χ3v) is 6.06. The largest absolute Gasteiger partial charge is 0.377 e. The lowest BCUT2D eigenvalue weighted by molar-refractivity contribution is -0.136. The van der Waals surface area contributed by atoms with Crippen LogP contribution >= 0.6 is 11.3 Å². The number of carbonyl (C=O) groups is 2. The van der Waals surface area contributed by atoms with Gasteiger partial charge in [0.25, 0.3) is 0 Å². The van der Waals surface area contributed by atoms with Crippen LogP contribution in [0.25, 0.3) is 0 Å². The van der Waals surface area contributed by atoms with E-state index in [2.05, 4.69) is 27.2 Å². The molecule has 2 aliphatic heterocycles. The third-order valence-electron chi connectivity index (χ3n) is 5.14. The van der Waals surface area contributed by atoms with E-state index in [-0.39, 0.29) is 24.2 Å². The molecule has 1 atom stereocenters. The van der Waals surface area contributed by atoms with E-state index in [9.17, 15) is 9.59 Å². The van der Waals surface area contributed by atoms with Gasteiger partial charge in [-0.3, -0.25) is 14.5 Å². The molecule has 1 aromatic heterocycles. The van der Waals surface area contributed by atoms with Crippen molar-refractivity contribution in [3.63, 3.8) is 0 Å². The van der Waals surface area contributed by atoms with Gasteiger partial charge in [-0.05, 0) is 12.1 Å². The Bertz CT molecular complexity index is 835. The second-order valence-electron chi connectivity index (χ2n) is 6.96. The Morgan fingerprint density at radius 2 is 1.93 bits per heavy atom. The second-order valence-corrected chi connectivity index (χ2v) is 8.01. The number of carbonyl (C=O) groups excluding carboxylic acids is 2. The number of amides is 2. The fraction of sp³-hybridized carbons (Fsp3) is 0.474. The molecule has 0 N–H and O–H groups in total. The number of rotatable bonds is 5. The van der Waals surface area contributed by atoms with Crippen LogP contribution < -0.4 is 9.80 Å². The van der Waals surface area contributed by atoms with Crippen molar-refractivity contribution in [2.75, 3.05) is 49.6 Å². The number of hydrogen-bond acceptors (Lipinski definition) is 7. The van der Waals surface area contributed by atoms with E-state index in [0.29, 0.717) is 31.4 Å². The Labute approximate surface area is 167 Å². The van der Waals surface area contributed by atoms with Crippen LogP contribution in [0.2, 0.25) is 0 Å². The molecule has 8 nitrogen and oxygen atoms in total. The van der Waals surface area contributed by atoms with Crippen LogP contribution in [-0.4, -0.2) is 66.7 Å². The normalized spacial score (nSPS) is 20.1. The van der Waals surface area contributed by atoms with Crippen molar-refractivity contribution in [1.29, 1.82) is 0 Å². The van der Waals surface area contributed by atoms with Crippen molar-refractivity contribution in [3.05, 3.63) is 35.3 Å². The van der Waals surface area contributed by atoms with Gasteiger partial charge in [0.05, 0.1) is 5.92 Å². The molecule has 1 aromatic carbocycles. The second kappa shape index (κ2) is 8.24. The molecule has 0 aliphatic carbocycles. The number of methoxy groups -OCH3 is 1. The minimum absolute atomic E-state index is 0.0604. The van der Waals surface area contributed by atoms with Crippen LogP contribution in [0.15, 0.2) is 30.3 Å². The summed E-state index contributed by atoms with van der Waals surface area (Å²) >= 11 is 1.33. The molecule has 9 heteroatoms. The zero-order chi connectivity index (χ0) is 19.5. The number of anilines is 2. The molecule has 1 unspecified atom stereocenters. The highest BCUT2D eigenvalue weighted by Gasteiger charge is 2.39. The summed E-state index contributed by atoms with van der Waals surface area (Å²) in [4.78, 5) is 31.1. The minimum atomic E-state index is -0.314. The Balaban J connectivity index is 1.35. The van der Waals surface area contributed by atoms with Gasteiger partial charge in [0.2, 0.25) is 16.9 Å². The molecule has 148 valence electrons. The summed E-state index contributed by atoms with van der Waals surface area (Å²) < 4.78 is 5.05. The topological polar surface area (TPSA) is 78.9 Å².